The van der Waals surface area contributed by atoms with E-state index in [2.05, 4.69) is 411 Å². The number of nitrogens with zero attached hydrogens (tertiary/aromatic N) is 7. The molecule has 0 unspecified atom stereocenters. The summed E-state index contributed by atoms with van der Waals surface area (Å²) in [5.41, 5.74) is 41.2. The van der Waals surface area contributed by atoms with Crippen molar-refractivity contribution in [3.63, 3.8) is 0 Å². The van der Waals surface area contributed by atoms with Gasteiger partial charge in [-0.1, -0.05) is 267 Å². The molecule has 0 spiro atoms. The normalized spacial score (nSPS) is 11.0. The minimum Gasteiger partial charge on any atom is -0.264 e. The zero-order valence-corrected chi connectivity index (χ0v) is 65.6. The van der Waals surface area contributed by atoms with Gasteiger partial charge in [0.1, 0.15) is 12.7 Å². The van der Waals surface area contributed by atoms with Gasteiger partial charge in [0.05, 0.1) is 0 Å². The van der Waals surface area contributed by atoms with Crippen molar-refractivity contribution in [2.45, 2.75) is 0 Å². The molecule has 120 heavy (non-hydrogen) atoms. The number of hydrogen-bond donors (Lipinski definition) is 0. The molecular weight excluding hydrogens is 1460 g/mol. The van der Waals surface area contributed by atoms with E-state index in [1.54, 1.807) is 12.7 Å². The van der Waals surface area contributed by atoms with E-state index in [9.17, 15) is 0 Å². The van der Waals surface area contributed by atoms with Crippen LogP contribution in [0.15, 0.2) is 469 Å². The van der Waals surface area contributed by atoms with Gasteiger partial charge in [-0.2, -0.15) is 0 Å². The van der Waals surface area contributed by atoms with Gasteiger partial charge in [0.15, 0.2) is 0 Å². The minimum absolute atomic E-state index is 0.996. The van der Waals surface area contributed by atoms with Crippen LogP contribution in [0.25, 0.3) is 200 Å². The van der Waals surface area contributed by atoms with Crippen molar-refractivity contribution in [2.75, 3.05) is 0 Å². The molecule has 0 fully saturated rings. The summed E-state index contributed by atoms with van der Waals surface area (Å²) in [6.07, 6.45) is 21.8. The molecule has 0 atom stereocenters. The topological polar surface area (TPSA) is 90.2 Å². The zero-order valence-electron chi connectivity index (χ0n) is 65.6. The fraction of sp³-hybridized carbons (Fsp3) is 0. The van der Waals surface area contributed by atoms with E-state index in [1.165, 1.54) is 83.5 Å². The maximum atomic E-state index is 4.48. The summed E-state index contributed by atoms with van der Waals surface area (Å²) in [7, 11) is 0. The number of rotatable bonds is 18. The summed E-state index contributed by atoms with van der Waals surface area (Å²) in [6, 6.07) is 142. The average Bonchev–Trinajstić information content (AvgIpc) is 0.781. The molecule has 7 heteroatoms. The van der Waals surface area contributed by atoms with Gasteiger partial charge in [-0.05, 0) is 300 Å². The smallest absolute Gasteiger partial charge is 0.115 e. The highest BCUT2D eigenvalue weighted by Gasteiger charge is 2.17. The van der Waals surface area contributed by atoms with Crippen LogP contribution in [-0.4, -0.2) is 34.9 Å². The predicted molar refractivity (Wildman–Crippen MR) is 495 cm³/mol. The Hall–Kier alpha value is -16.1. The van der Waals surface area contributed by atoms with Crippen LogP contribution in [0, 0.1) is 0 Å². The Morgan fingerprint density at radius 3 is 0.425 bits per heavy atom. The van der Waals surface area contributed by atoms with Crippen molar-refractivity contribution >= 4 is 0 Å². The monoisotopic (exact) mass is 1530 g/mol. The Bertz CT molecular complexity index is 6220. The van der Waals surface area contributed by atoms with Gasteiger partial charge in [-0.3, -0.25) is 15.0 Å². The Balaban J connectivity index is 0.000000159. The summed E-state index contributed by atoms with van der Waals surface area (Å²) >= 11 is 0. The van der Waals surface area contributed by atoms with E-state index in [0.717, 1.165) is 117 Å². The van der Waals surface area contributed by atoms with Crippen LogP contribution in [0.5, 0.6) is 0 Å². The van der Waals surface area contributed by atoms with Gasteiger partial charge >= 0.3 is 0 Å². The number of hydrogen-bond acceptors (Lipinski definition) is 7. The summed E-state index contributed by atoms with van der Waals surface area (Å²) in [5.74, 6) is 0. The summed E-state index contributed by atoms with van der Waals surface area (Å²) < 4.78 is 0. The maximum Gasteiger partial charge on any atom is 0.115 e. The highest BCUT2D eigenvalue weighted by Crippen LogP contribution is 2.42. The molecule has 5 heterocycles. The molecule has 0 aliphatic rings. The number of pyridine rings is 3. The first kappa shape index (κ1) is 74.0. The van der Waals surface area contributed by atoms with E-state index < -0.39 is 0 Å². The molecule has 0 bridgehead atoms. The van der Waals surface area contributed by atoms with Crippen LogP contribution in [0.4, 0.5) is 0 Å². The van der Waals surface area contributed by atoms with Crippen LogP contribution in [-0.2, 0) is 0 Å². The maximum absolute atomic E-state index is 4.48. The van der Waals surface area contributed by atoms with Gasteiger partial charge in [0.25, 0.3) is 0 Å². The lowest BCUT2D eigenvalue weighted by Crippen LogP contribution is -1.89. The summed E-state index contributed by atoms with van der Waals surface area (Å²) in [6.45, 7) is 0. The highest BCUT2D eigenvalue weighted by atomic mass is 14.8. The molecule has 0 N–H and O–H groups in total. The van der Waals surface area contributed by atoms with Gasteiger partial charge in [-0.15, -0.1) is 0 Å². The van der Waals surface area contributed by atoms with Crippen LogP contribution in [0.1, 0.15) is 0 Å². The van der Waals surface area contributed by atoms with E-state index in [0.29, 0.717) is 0 Å². The minimum atomic E-state index is 0.996. The van der Waals surface area contributed by atoms with Crippen molar-refractivity contribution in [1.82, 2.24) is 34.9 Å². The molecule has 0 amide bonds. The third-order valence-corrected chi connectivity index (χ3v) is 22.1. The Morgan fingerprint density at radius 1 is 0.0917 bits per heavy atom. The van der Waals surface area contributed by atoms with Crippen molar-refractivity contribution in [2.24, 2.45) is 0 Å². The van der Waals surface area contributed by atoms with E-state index >= 15 is 0 Å². The summed E-state index contributed by atoms with van der Waals surface area (Å²) in [5, 5.41) is 0. The zero-order chi connectivity index (χ0) is 80.2. The molecule has 15 aromatic carbocycles. The lowest BCUT2D eigenvalue weighted by Gasteiger charge is -2.14. The van der Waals surface area contributed by atoms with Crippen LogP contribution in [0.2, 0.25) is 0 Å². The lowest BCUT2D eigenvalue weighted by atomic mass is 9.90. The molecule has 564 valence electrons. The van der Waals surface area contributed by atoms with Crippen LogP contribution < -0.4 is 0 Å². The van der Waals surface area contributed by atoms with Crippen LogP contribution in [0.3, 0.4) is 0 Å². The molecule has 0 aliphatic carbocycles. The van der Waals surface area contributed by atoms with Crippen molar-refractivity contribution in [3.05, 3.63) is 469 Å². The summed E-state index contributed by atoms with van der Waals surface area (Å²) in [4.78, 5) is 30.0. The standard InChI is InChI=1S/C57H39N3.C56H38N4/c1-2-11-40(12-3-1)54-33-55(50-22-7-18-46(30-50)42-14-4-13-41(27-42)45-17-6-21-49(29-45)53-25-10-26-58-36-53)35-56(34-54)51-23-8-19-47(31-51)43-15-5-16-44(28-43)48-20-9-24-52(32-48)57-37-59-39-60-38-57;1-9-39(43-13-3-17-47(27-43)51-21-7-23-57-34-51)25-40(10-1)44-14-4-18-48(28-44)53-31-54(33-55(32-53)52-22-8-24-58-35-52)49-19-5-15-45(29-49)41-11-2-12-42(26-41)46-16-6-20-50(30-46)56-36-59-38-60-37-56/h1-39H;1-38H. The van der Waals surface area contributed by atoms with Gasteiger partial charge in [-0.25, -0.2) is 19.9 Å². The third kappa shape index (κ3) is 16.9. The molecule has 20 rings (SSSR count). The molecule has 20 aromatic rings. The Kier molecular flexibility index (Phi) is 21.3. The molecule has 7 nitrogen and oxygen atoms in total. The van der Waals surface area contributed by atoms with Crippen molar-refractivity contribution in [3.8, 4) is 200 Å². The van der Waals surface area contributed by atoms with Crippen molar-refractivity contribution in [1.29, 1.82) is 0 Å². The third-order valence-electron chi connectivity index (χ3n) is 22.1. The second-order valence-corrected chi connectivity index (χ2v) is 29.9. The van der Waals surface area contributed by atoms with Gasteiger partial charge < -0.3 is 0 Å². The van der Waals surface area contributed by atoms with E-state index in [1.807, 2.05) is 80.2 Å². The fourth-order valence-electron chi connectivity index (χ4n) is 15.9. The molecule has 5 aromatic heterocycles. The first-order chi connectivity index (χ1) is 59.4. The average molecular weight is 1530 g/mol. The first-order valence-corrected chi connectivity index (χ1v) is 40.2. The Labute approximate surface area is 699 Å². The molecule has 0 saturated heterocycles. The van der Waals surface area contributed by atoms with Crippen molar-refractivity contribution < 1.29 is 0 Å². The number of benzene rings is 15. The second kappa shape index (κ2) is 34.5. The molecule has 0 radical (unpaired) electrons. The highest BCUT2D eigenvalue weighted by molar-refractivity contribution is 5.90. The van der Waals surface area contributed by atoms with Gasteiger partial charge in [0, 0.05) is 89.8 Å². The predicted octanol–water partition coefficient (Wildman–Crippen LogP) is 29.1. The second-order valence-electron chi connectivity index (χ2n) is 29.9. The van der Waals surface area contributed by atoms with Gasteiger partial charge in [0.2, 0.25) is 0 Å². The molecule has 0 aliphatic heterocycles. The molecule has 0 saturated carbocycles. The first-order valence-electron chi connectivity index (χ1n) is 40.2. The Morgan fingerprint density at radius 2 is 0.225 bits per heavy atom. The largest absolute Gasteiger partial charge is 0.264 e. The quantitative estimate of drug-likeness (QED) is 0.0845. The molecular formula is C113H77N7. The SMILES string of the molecule is c1ccc(-c2cc(-c3cccc(-c4cccc(-c5cccc(-c6cccnc6)c5)c4)c3)cc(-c3cccc(-c4cccc(-c5cccc(-c6cncnc6)c5)c4)c3)c2)cc1.c1cncc(-c2cccc(-c3cccc(-c4cccc(-c5cc(-c6cccnc6)cc(-c6cccc(-c7cccc(-c8cccc(-c9cncnc9)c8)c7)c6)c5)c4)c3)c2)c1. The van der Waals surface area contributed by atoms with E-state index in [4.69, 9.17) is 0 Å². The lowest BCUT2D eigenvalue weighted by molar-refractivity contribution is 1.17. The number of aromatic nitrogens is 7. The fourth-order valence-corrected chi connectivity index (χ4v) is 15.9. The van der Waals surface area contributed by atoms with Crippen LogP contribution >= 0.6 is 0 Å². The van der Waals surface area contributed by atoms with E-state index in [-0.39, 0.29) is 0 Å².